The van der Waals surface area contributed by atoms with Gasteiger partial charge in [-0.3, -0.25) is 9.59 Å². The zero-order valence-electron chi connectivity index (χ0n) is 13.8. The van der Waals surface area contributed by atoms with E-state index in [2.05, 4.69) is 6.92 Å². The predicted molar refractivity (Wildman–Crippen MR) is 83.5 cm³/mol. The van der Waals surface area contributed by atoms with Crippen LogP contribution in [-0.4, -0.2) is 37.9 Å². The molecule has 1 unspecified atom stereocenters. The van der Waals surface area contributed by atoms with Crippen molar-refractivity contribution in [2.24, 2.45) is 0 Å². The fourth-order valence-electron chi connectivity index (χ4n) is 2.38. The van der Waals surface area contributed by atoms with Gasteiger partial charge in [0.05, 0.1) is 25.6 Å². The van der Waals surface area contributed by atoms with Crippen molar-refractivity contribution < 1.29 is 23.8 Å². The van der Waals surface area contributed by atoms with Crippen molar-refractivity contribution in [1.29, 1.82) is 0 Å². The second-order valence-electron chi connectivity index (χ2n) is 5.81. The first-order chi connectivity index (χ1) is 10.7. The number of hydrogen-bond donors (Lipinski definition) is 0. The highest BCUT2D eigenvalue weighted by molar-refractivity contribution is 5.77. The lowest BCUT2D eigenvalue weighted by Gasteiger charge is -2.10. The second-order valence-corrected chi connectivity index (χ2v) is 5.81. The highest BCUT2D eigenvalue weighted by Crippen LogP contribution is 2.12. The molecule has 1 rings (SSSR count). The van der Waals surface area contributed by atoms with Crippen LogP contribution >= 0.6 is 0 Å². The molecule has 0 spiro atoms. The quantitative estimate of drug-likeness (QED) is 0.408. The van der Waals surface area contributed by atoms with E-state index in [1.165, 1.54) is 25.7 Å². The van der Waals surface area contributed by atoms with Crippen LogP contribution in [0.5, 0.6) is 0 Å². The highest BCUT2D eigenvalue weighted by Gasteiger charge is 2.17. The Labute approximate surface area is 133 Å². The zero-order chi connectivity index (χ0) is 16.0. The molecule has 5 heteroatoms. The Balaban J connectivity index is 1.90. The van der Waals surface area contributed by atoms with E-state index in [1.807, 2.05) is 0 Å². The third kappa shape index (κ3) is 9.77. The molecule has 1 fully saturated rings. The van der Waals surface area contributed by atoms with Crippen molar-refractivity contribution >= 4 is 11.9 Å². The highest BCUT2D eigenvalue weighted by atomic mass is 16.6. The Morgan fingerprint density at radius 1 is 1.00 bits per heavy atom. The number of unbranched alkanes of at least 4 members (excludes halogenated alkanes) is 5. The Bertz CT molecular complexity index is 310. The van der Waals surface area contributed by atoms with Gasteiger partial charge in [0, 0.05) is 6.61 Å². The normalized spacial score (nSPS) is 17.4. The number of esters is 2. The van der Waals surface area contributed by atoms with E-state index in [0.717, 1.165) is 32.3 Å². The van der Waals surface area contributed by atoms with Crippen molar-refractivity contribution in [3.8, 4) is 0 Å². The third-order valence-corrected chi connectivity index (χ3v) is 3.75. The van der Waals surface area contributed by atoms with E-state index in [0.29, 0.717) is 13.2 Å². The number of carbonyl (C=O) groups excluding carboxylic acids is 2. The topological polar surface area (TPSA) is 61.8 Å². The fourth-order valence-corrected chi connectivity index (χ4v) is 2.38. The van der Waals surface area contributed by atoms with Crippen LogP contribution in [0, 0.1) is 0 Å². The summed E-state index contributed by atoms with van der Waals surface area (Å²) in [5.41, 5.74) is 0. The summed E-state index contributed by atoms with van der Waals surface area (Å²) in [7, 11) is 0. The third-order valence-electron chi connectivity index (χ3n) is 3.75. The van der Waals surface area contributed by atoms with E-state index < -0.39 is 0 Å². The maximum atomic E-state index is 11.5. The molecule has 1 heterocycles. The van der Waals surface area contributed by atoms with E-state index >= 15 is 0 Å². The number of hydrogen-bond acceptors (Lipinski definition) is 5. The van der Waals surface area contributed by atoms with Crippen molar-refractivity contribution in [2.45, 2.75) is 77.2 Å². The molecule has 0 amide bonds. The lowest BCUT2D eigenvalue weighted by atomic mass is 10.1. The van der Waals surface area contributed by atoms with Gasteiger partial charge in [-0.2, -0.15) is 0 Å². The largest absolute Gasteiger partial charge is 0.466 e. The Hall–Kier alpha value is -1.10. The van der Waals surface area contributed by atoms with Gasteiger partial charge in [0.2, 0.25) is 0 Å². The van der Waals surface area contributed by atoms with Gasteiger partial charge in [-0.05, 0) is 19.3 Å². The van der Waals surface area contributed by atoms with Crippen LogP contribution < -0.4 is 0 Å². The van der Waals surface area contributed by atoms with Gasteiger partial charge in [0.1, 0.15) is 6.61 Å². The minimum atomic E-state index is -0.355. The second kappa shape index (κ2) is 12.4. The van der Waals surface area contributed by atoms with Crippen molar-refractivity contribution in [1.82, 2.24) is 0 Å². The smallest absolute Gasteiger partial charge is 0.306 e. The standard InChI is InChI=1S/C17H30O5/c1-2-3-4-5-6-7-12-21-16(18)10-11-17(19)22-14-15-9-8-13-20-15/h15H,2-14H2,1H3. The summed E-state index contributed by atoms with van der Waals surface area (Å²) in [6.45, 7) is 3.68. The first kappa shape index (κ1) is 18.9. The van der Waals surface area contributed by atoms with E-state index in [1.54, 1.807) is 0 Å². The molecule has 0 radical (unpaired) electrons. The Morgan fingerprint density at radius 3 is 2.36 bits per heavy atom. The minimum absolute atomic E-state index is 0.0311. The molecule has 22 heavy (non-hydrogen) atoms. The molecule has 0 aromatic heterocycles. The molecule has 0 saturated carbocycles. The first-order valence-corrected chi connectivity index (χ1v) is 8.65. The minimum Gasteiger partial charge on any atom is -0.466 e. The molecular formula is C17H30O5. The zero-order valence-corrected chi connectivity index (χ0v) is 13.8. The summed E-state index contributed by atoms with van der Waals surface area (Å²) >= 11 is 0. The molecular weight excluding hydrogens is 284 g/mol. The molecule has 1 atom stereocenters. The van der Waals surface area contributed by atoms with Crippen LogP contribution in [0.3, 0.4) is 0 Å². The maximum Gasteiger partial charge on any atom is 0.306 e. The molecule has 1 aliphatic rings. The van der Waals surface area contributed by atoms with Crippen LogP contribution in [0.1, 0.15) is 71.1 Å². The van der Waals surface area contributed by atoms with Gasteiger partial charge < -0.3 is 14.2 Å². The van der Waals surface area contributed by atoms with Gasteiger partial charge in [-0.15, -0.1) is 0 Å². The molecule has 0 N–H and O–H groups in total. The van der Waals surface area contributed by atoms with E-state index in [-0.39, 0.29) is 30.9 Å². The number of carbonyl (C=O) groups is 2. The maximum absolute atomic E-state index is 11.5. The average molecular weight is 314 g/mol. The van der Waals surface area contributed by atoms with Gasteiger partial charge in [0.25, 0.3) is 0 Å². The van der Waals surface area contributed by atoms with Crippen molar-refractivity contribution in [3.05, 3.63) is 0 Å². The SMILES string of the molecule is CCCCCCCCOC(=O)CCC(=O)OCC1CCCO1. The van der Waals surface area contributed by atoms with Crippen molar-refractivity contribution in [2.75, 3.05) is 19.8 Å². The Kier molecular flexibility index (Phi) is 10.7. The summed E-state index contributed by atoms with van der Waals surface area (Å²) in [5, 5.41) is 0. The summed E-state index contributed by atoms with van der Waals surface area (Å²) in [5.74, 6) is -0.672. The van der Waals surface area contributed by atoms with Crippen LogP contribution in [0.2, 0.25) is 0 Å². The molecule has 128 valence electrons. The number of ether oxygens (including phenoxy) is 3. The van der Waals surface area contributed by atoms with Gasteiger partial charge in [0.15, 0.2) is 0 Å². The first-order valence-electron chi connectivity index (χ1n) is 8.65. The molecule has 0 aromatic rings. The summed E-state index contributed by atoms with van der Waals surface area (Å²) in [6, 6.07) is 0. The van der Waals surface area contributed by atoms with Gasteiger partial charge in [-0.1, -0.05) is 39.0 Å². The predicted octanol–water partition coefficient (Wildman–Crippen LogP) is 3.39. The van der Waals surface area contributed by atoms with E-state index in [4.69, 9.17) is 14.2 Å². The van der Waals surface area contributed by atoms with Gasteiger partial charge >= 0.3 is 11.9 Å². The molecule has 1 saturated heterocycles. The van der Waals surface area contributed by atoms with Gasteiger partial charge in [-0.25, -0.2) is 0 Å². The molecule has 5 nitrogen and oxygen atoms in total. The number of rotatable bonds is 12. The Morgan fingerprint density at radius 2 is 1.68 bits per heavy atom. The lowest BCUT2D eigenvalue weighted by Crippen LogP contribution is -2.18. The average Bonchev–Trinajstić information content (AvgIpc) is 3.03. The van der Waals surface area contributed by atoms with Crippen LogP contribution in [-0.2, 0) is 23.8 Å². The summed E-state index contributed by atoms with van der Waals surface area (Å²) < 4.78 is 15.6. The monoisotopic (exact) mass is 314 g/mol. The molecule has 0 bridgehead atoms. The fraction of sp³-hybridized carbons (Fsp3) is 0.882. The molecule has 0 aliphatic carbocycles. The molecule has 0 aromatic carbocycles. The summed E-state index contributed by atoms with van der Waals surface area (Å²) in [6.07, 6.45) is 9.12. The summed E-state index contributed by atoms with van der Waals surface area (Å²) in [4.78, 5) is 23.0. The van der Waals surface area contributed by atoms with E-state index in [9.17, 15) is 9.59 Å². The van der Waals surface area contributed by atoms with Crippen LogP contribution in [0.25, 0.3) is 0 Å². The molecule has 1 aliphatic heterocycles. The lowest BCUT2D eigenvalue weighted by molar-refractivity contribution is -0.152. The van der Waals surface area contributed by atoms with Crippen LogP contribution in [0.4, 0.5) is 0 Å². The van der Waals surface area contributed by atoms with Crippen LogP contribution in [0.15, 0.2) is 0 Å². The van der Waals surface area contributed by atoms with Crippen molar-refractivity contribution in [3.63, 3.8) is 0 Å².